The van der Waals surface area contributed by atoms with Crippen molar-refractivity contribution in [2.45, 2.75) is 18.9 Å². The highest BCUT2D eigenvalue weighted by atomic mass is 16.5. The Kier molecular flexibility index (Phi) is 3.58. The number of aromatic nitrogens is 1. The summed E-state index contributed by atoms with van der Waals surface area (Å²) in [7, 11) is 2.08. The molecule has 0 aromatic carbocycles. The second-order valence-corrected chi connectivity index (χ2v) is 4.30. The van der Waals surface area contributed by atoms with Crippen LogP contribution >= 0.6 is 0 Å². The van der Waals surface area contributed by atoms with Crippen LogP contribution in [0.4, 0.5) is 0 Å². The van der Waals surface area contributed by atoms with Gasteiger partial charge in [-0.1, -0.05) is 0 Å². The quantitative estimate of drug-likeness (QED) is 0.852. The molecule has 1 atom stereocenters. The smallest absolute Gasteiger partial charge is 0.337 e. The number of nitrogens with zero attached hydrogens (tertiary/aromatic N) is 2. The molecule has 5 nitrogen and oxygen atoms in total. The van der Waals surface area contributed by atoms with Crippen molar-refractivity contribution < 1.29 is 14.6 Å². The van der Waals surface area contributed by atoms with Crippen LogP contribution in [-0.2, 0) is 0 Å². The molecule has 1 aromatic rings. The maximum Gasteiger partial charge on any atom is 0.337 e. The number of hydrogen-bond donors (Lipinski definition) is 1. The molecule has 1 aliphatic rings. The predicted molar refractivity (Wildman–Crippen MR) is 62.3 cm³/mol. The standard InChI is InChI=1S/C12H16N2O3/c1-14-4-2-3-10(14)8-17-11-5-9(12(15)16)6-13-7-11/h5-7,10H,2-4,8H2,1H3,(H,15,16). The second-order valence-electron chi connectivity index (χ2n) is 4.30. The Morgan fingerprint density at radius 2 is 2.47 bits per heavy atom. The second kappa shape index (κ2) is 5.14. The van der Waals surface area contributed by atoms with Crippen LogP contribution in [-0.4, -0.2) is 47.2 Å². The molecule has 2 rings (SSSR count). The van der Waals surface area contributed by atoms with Gasteiger partial charge in [0.15, 0.2) is 0 Å². The summed E-state index contributed by atoms with van der Waals surface area (Å²) < 4.78 is 5.58. The number of ether oxygens (including phenoxy) is 1. The Bertz CT molecular complexity index is 408. The highest BCUT2D eigenvalue weighted by Crippen LogP contribution is 2.17. The highest BCUT2D eigenvalue weighted by Gasteiger charge is 2.21. The van der Waals surface area contributed by atoms with Crippen molar-refractivity contribution in [1.29, 1.82) is 0 Å². The number of hydrogen-bond acceptors (Lipinski definition) is 4. The summed E-state index contributed by atoms with van der Waals surface area (Å²) in [6.07, 6.45) is 5.18. The lowest BCUT2D eigenvalue weighted by molar-refractivity contribution is 0.0695. The molecule has 1 N–H and O–H groups in total. The van der Waals surface area contributed by atoms with Crippen LogP contribution in [0.25, 0.3) is 0 Å². The number of likely N-dealkylation sites (tertiary alicyclic amines) is 1. The van der Waals surface area contributed by atoms with Crippen LogP contribution in [0.2, 0.25) is 0 Å². The molecule has 0 aliphatic carbocycles. The van der Waals surface area contributed by atoms with Gasteiger partial charge in [-0.2, -0.15) is 0 Å². The molecule has 0 bridgehead atoms. The molecule has 0 amide bonds. The van der Waals surface area contributed by atoms with Crippen molar-refractivity contribution in [1.82, 2.24) is 9.88 Å². The Hall–Kier alpha value is -1.62. The third-order valence-electron chi connectivity index (χ3n) is 3.07. The van der Waals surface area contributed by atoms with E-state index in [1.807, 2.05) is 0 Å². The van der Waals surface area contributed by atoms with Gasteiger partial charge in [0.25, 0.3) is 0 Å². The minimum Gasteiger partial charge on any atom is -0.490 e. The molecule has 0 radical (unpaired) electrons. The van der Waals surface area contributed by atoms with E-state index in [-0.39, 0.29) is 5.56 Å². The van der Waals surface area contributed by atoms with Crippen LogP contribution in [0, 0.1) is 0 Å². The van der Waals surface area contributed by atoms with Crippen molar-refractivity contribution in [3.05, 3.63) is 24.0 Å². The summed E-state index contributed by atoms with van der Waals surface area (Å²) in [6, 6.07) is 1.92. The van der Waals surface area contributed by atoms with Gasteiger partial charge in [-0.15, -0.1) is 0 Å². The molecule has 0 saturated carbocycles. The van der Waals surface area contributed by atoms with Crippen molar-refractivity contribution >= 4 is 5.97 Å². The average molecular weight is 236 g/mol. The van der Waals surface area contributed by atoms with Crippen molar-refractivity contribution in [3.8, 4) is 5.75 Å². The first-order valence-electron chi connectivity index (χ1n) is 5.68. The van der Waals surface area contributed by atoms with Gasteiger partial charge in [0, 0.05) is 12.2 Å². The Morgan fingerprint density at radius 1 is 1.65 bits per heavy atom. The minimum absolute atomic E-state index is 0.155. The summed E-state index contributed by atoms with van der Waals surface area (Å²) in [5, 5.41) is 8.83. The summed E-state index contributed by atoms with van der Waals surface area (Å²) in [6.45, 7) is 1.68. The van der Waals surface area contributed by atoms with E-state index in [2.05, 4.69) is 16.9 Å². The summed E-state index contributed by atoms with van der Waals surface area (Å²) in [5.74, 6) is -0.467. The van der Waals surface area contributed by atoms with Crippen LogP contribution in [0.1, 0.15) is 23.2 Å². The number of likely N-dealkylation sites (N-methyl/N-ethyl adjacent to an activating group) is 1. The van der Waals surface area contributed by atoms with E-state index in [4.69, 9.17) is 9.84 Å². The molecule has 92 valence electrons. The van der Waals surface area contributed by atoms with Gasteiger partial charge >= 0.3 is 5.97 Å². The van der Waals surface area contributed by atoms with Crippen LogP contribution < -0.4 is 4.74 Å². The lowest BCUT2D eigenvalue weighted by Crippen LogP contribution is -2.30. The number of aromatic carboxylic acids is 1. The summed E-state index contributed by atoms with van der Waals surface area (Å²) in [5.41, 5.74) is 0.155. The Balaban J connectivity index is 1.94. The SMILES string of the molecule is CN1CCCC1COc1cncc(C(=O)O)c1. The van der Waals surface area contributed by atoms with E-state index in [9.17, 15) is 4.79 Å². The van der Waals surface area contributed by atoms with Gasteiger partial charge in [-0.25, -0.2) is 4.79 Å². The normalized spacial score (nSPS) is 20.4. The van der Waals surface area contributed by atoms with Crippen molar-refractivity contribution in [3.63, 3.8) is 0 Å². The zero-order valence-electron chi connectivity index (χ0n) is 9.80. The van der Waals surface area contributed by atoms with Crippen LogP contribution in [0.3, 0.4) is 0 Å². The zero-order valence-corrected chi connectivity index (χ0v) is 9.80. The lowest BCUT2D eigenvalue weighted by atomic mass is 10.2. The molecule has 0 spiro atoms. The molecule has 1 saturated heterocycles. The van der Waals surface area contributed by atoms with E-state index < -0.39 is 5.97 Å². The van der Waals surface area contributed by atoms with Crippen molar-refractivity contribution in [2.24, 2.45) is 0 Å². The molecule has 5 heteroatoms. The molecular weight excluding hydrogens is 220 g/mol. The highest BCUT2D eigenvalue weighted by molar-refractivity contribution is 5.87. The maximum absolute atomic E-state index is 10.8. The zero-order chi connectivity index (χ0) is 12.3. The van der Waals surface area contributed by atoms with Gasteiger partial charge in [0.05, 0.1) is 11.8 Å². The van der Waals surface area contributed by atoms with E-state index >= 15 is 0 Å². The fourth-order valence-electron chi connectivity index (χ4n) is 2.00. The van der Waals surface area contributed by atoms with Gasteiger partial charge in [0.1, 0.15) is 12.4 Å². The van der Waals surface area contributed by atoms with Gasteiger partial charge in [-0.3, -0.25) is 4.98 Å². The van der Waals surface area contributed by atoms with Gasteiger partial charge in [-0.05, 0) is 32.5 Å². The first-order valence-corrected chi connectivity index (χ1v) is 5.68. The Labute approximate surface area is 100 Å². The molecule has 1 unspecified atom stereocenters. The van der Waals surface area contributed by atoms with E-state index in [1.54, 1.807) is 6.20 Å². The molecule has 1 aromatic heterocycles. The molecule has 2 heterocycles. The van der Waals surface area contributed by atoms with E-state index in [0.717, 1.165) is 13.0 Å². The number of carboxylic acid groups (broad SMARTS) is 1. The summed E-state index contributed by atoms with van der Waals surface area (Å²) >= 11 is 0. The van der Waals surface area contributed by atoms with Crippen molar-refractivity contribution in [2.75, 3.05) is 20.2 Å². The molecule has 1 fully saturated rings. The number of carboxylic acids is 1. The summed E-state index contributed by atoms with van der Waals surface area (Å²) in [4.78, 5) is 16.9. The topological polar surface area (TPSA) is 62.7 Å². The largest absolute Gasteiger partial charge is 0.490 e. The van der Waals surface area contributed by atoms with Crippen LogP contribution in [0.5, 0.6) is 5.75 Å². The lowest BCUT2D eigenvalue weighted by Gasteiger charge is -2.19. The maximum atomic E-state index is 10.8. The monoisotopic (exact) mass is 236 g/mol. The fourth-order valence-corrected chi connectivity index (χ4v) is 2.00. The van der Waals surface area contributed by atoms with E-state index in [0.29, 0.717) is 18.4 Å². The predicted octanol–water partition coefficient (Wildman–Crippen LogP) is 1.25. The number of rotatable bonds is 4. The number of carbonyl (C=O) groups is 1. The molecule has 1 aliphatic heterocycles. The third-order valence-corrected chi connectivity index (χ3v) is 3.07. The molecular formula is C12H16N2O3. The third kappa shape index (κ3) is 2.94. The first kappa shape index (κ1) is 11.9. The van der Waals surface area contributed by atoms with Gasteiger partial charge in [0.2, 0.25) is 0 Å². The van der Waals surface area contributed by atoms with Gasteiger partial charge < -0.3 is 14.7 Å². The average Bonchev–Trinajstić information content (AvgIpc) is 2.72. The number of pyridine rings is 1. The fraction of sp³-hybridized carbons (Fsp3) is 0.500. The first-order chi connectivity index (χ1) is 8.16. The minimum atomic E-state index is -0.985. The molecule has 17 heavy (non-hydrogen) atoms. The van der Waals surface area contributed by atoms with Crippen LogP contribution in [0.15, 0.2) is 18.5 Å². The van der Waals surface area contributed by atoms with E-state index in [1.165, 1.54) is 18.7 Å². The Morgan fingerprint density at radius 3 is 3.12 bits per heavy atom.